The predicted octanol–water partition coefficient (Wildman–Crippen LogP) is 1.38. The van der Waals surface area contributed by atoms with Gasteiger partial charge in [-0.05, 0) is 19.3 Å². The number of guanidine groups is 1. The second-order valence-corrected chi connectivity index (χ2v) is 7.65. The molecule has 6 nitrogen and oxygen atoms in total. The molecule has 3 rings (SSSR count). The first-order valence-corrected chi connectivity index (χ1v) is 9.12. The van der Waals surface area contributed by atoms with Crippen LogP contribution in [0.5, 0.6) is 0 Å². The van der Waals surface area contributed by atoms with Crippen molar-refractivity contribution in [1.82, 2.24) is 20.5 Å². The summed E-state index contributed by atoms with van der Waals surface area (Å²) < 4.78 is 0. The zero-order chi connectivity index (χ0) is 16.3. The van der Waals surface area contributed by atoms with Crippen LogP contribution in [-0.4, -0.2) is 48.4 Å². The molecule has 1 atom stereocenters. The maximum absolute atomic E-state index is 11.6. The molecule has 2 aliphatic rings. The lowest BCUT2D eigenvalue weighted by molar-refractivity contribution is -0.119. The number of aryl methyl sites for hydroxylation is 1. The van der Waals surface area contributed by atoms with Crippen LogP contribution in [0.3, 0.4) is 0 Å². The first-order valence-electron chi connectivity index (χ1n) is 8.30. The van der Waals surface area contributed by atoms with Crippen molar-refractivity contribution >= 4 is 23.2 Å². The molecule has 0 saturated carbocycles. The van der Waals surface area contributed by atoms with E-state index in [-0.39, 0.29) is 11.3 Å². The lowest BCUT2D eigenvalue weighted by atomic mass is 9.79. The molecule has 1 aromatic heterocycles. The Balaban J connectivity index is 1.60. The van der Waals surface area contributed by atoms with E-state index in [4.69, 9.17) is 0 Å². The third-order valence-electron chi connectivity index (χ3n) is 4.72. The van der Waals surface area contributed by atoms with Gasteiger partial charge in [-0.15, -0.1) is 11.3 Å². The Bertz CT molecular complexity index is 599. The van der Waals surface area contributed by atoms with E-state index in [1.807, 2.05) is 13.2 Å². The fourth-order valence-corrected chi connectivity index (χ4v) is 4.31. The molecule has 2 N–H and O–H groups in total. The van der Waals surface area contributed by atoms with Gasteiger partial charge in [0.15, 0.2) is 5.96 Å². The Morgan fingerprint density at radius 1 is 1.61 bits per heavy atom. The van der Waals surface area contributed by atoms with Crippen molar-refractivity contribution in [3.05, 3.63) is 16.1 Å². The number of piperidine rings is 1. The van der Waals surface area contributed by atoms with Crippen LogP contribution >= 0.6 is 11.3 Å². The SMILES string of the molecule is CCc1cnc(CNC(=NC)N2CCCC3(CNC(=O)C3)C2)s1. The topological polar surface area (TPSA) is 69.6 Å². The van der Waals surface area contributed by atoms with Crippen LogP contribution in [-0.2, 0) is 17.8 Å². The Morgan fingerprint density at radius 2 is 2.48 bits per heavy atom. The summed E-state index contributed by atoms with van der Waals surface area (Å²) in [5, 5.41) is 7.51. The molecule has 0 aliphatic carbocycles. The fraction of sp³-hybridized carbons (Fsp3) is 0.688. The van der Waals surface area contributed by atoms with Gasteiger partial charge in [0.1, 0.15) is 5.01 Å². The smallest absolute Gasteiger partial charge is 0.220 e. The second-order valence-electron chi connectivity index (χ2n) is 6.45. The number of likely N-dealkylation sites (tertiary alicyclic amines) is 1. The zero-order valence-electron chi connectivity index (χ0n) is 13.9. The molecule has 2 saturated heterocycles. The molecule has 1 amide bonds. The van der Waals surface area contributed by atoms with Gasteiger partial charge in [-0.25, -0.2) is 4.98 Å². The molecular weight excluding hydrogens is 310 g/mol. The van der Waals surface area contributed by atoms with Gasteiger partial charge in [-0.2, -0.15) is 0 Å². The summed E-state index contributed by atoms with van der Waals surface area (Å²) in [4.78, 5) is 24.1. The van der Waals surface area contributed by atoms with E-state index in [1.54, 1.807) is 11.3 Å². The van der Waals surface area contributed by atoms with E-state index in [9.17, 15) is 4.79 Å². The van der Waals surface area contributed by atoms with Crippen LogP contribution in [0.25, 0.3) is 0 Å². The molecule has 126 valence electrons. The van der Waals surface area contributed by atoms with Crippen molar-refractivity contribution < 1.29 is 4.79 Å². The highest BCUT2D eigenvalue weighted by Gasteiger charge is 2.42. The highest BCUT2D eigenvalue weighted by molar-refractivity contribution is 7.11. The monoisotopic (exact) mass is 335 g/mol. The van der Waals surface area contributed by atoms with Gasteiger partial charge in [-0.3, -0.25) is 9.79 Å². The van der Waals surface area contributed by atoms with Gasteiger partial charge < -0.3 is 15.5 Å². The number of carbonyl (C=O) groups excluding carboxylic acids is 1. The first-order chi connectivity index (χ1) is 11.1. The van der Waals surface area contributed by atoms with Crippen LogP contribution < -0.4 is 10.6 Å². The maximum Gasteiger partial charge on any atom is 0.220 e. The summed E-state index contributed by atoms with van der Waals surface area (Å²) in [6.45, 7) is 5.54. The number of rotatable bonds is 3. The minimum Gasteiger partial charge on any atom is -0.355 e. The van der Waals surface area contributed by atoms with Crippen LogP contribution in [0.2, 0.25) is 0 Å². The normalized spacial score (nSPS) is 25.0. The molecule has 0 radical (unpaired) electrons. The van der Waals surface area contributed by atoms with Crippen LogP contribution in [0.1, 0.15) is 36.1 Å². The molecule has 7 heteroatoms. The Hall–Kier alpha value is -1.63. The molecule has 1 unspecified atom stereocenters. The van der Waals surface area contributed by atoms with E-state index < -0.39 is 0 Å². The van der Waals surface area contributed by atoms with Crippen molar-refractivity contribution in [1.29, 1.82) is 0 Å². The molecule has 0 bridgehead atoms. The standard InChI is InChI=1S/C16H25N5OS/c1-3-12-8-18-14(23-12)9-19-15(17-2)21-6-4-5-16(11-21)7-13(22)20-10-16/h8H,3-7,9-11H2,1-2H3,(H,17,19)(H,20,22). The van der Waals surface area contributed by atoms with Gasteiger partial charge in [0.2, 0.25) is 5.91 Å². The summed E-state index contributed by atoms with van der Waals surface area (Å²) in [7, 11) is 1.82. The number of hydrogen-bond donors (Lipinski definition) is 2. The van der Waals surface area contributed by atoms with E-state index in [0.717, 1.165) is 49.9 Å². The van der Waals surface area contributed by atoms with Crippen molar-refractivity contribution in [2.45, 2.75) is 39.2 Å². The quantitative estimate of drug-likeness (QED) is 0.647. The number of aromatic nitrogens is 1. The van der Waals surface area contributed by atoms with Gasteiger partial charge in [-0.1, -0.05) is 6.92 Å². The summed E-state index contributed by atoms with van der Waals surface area (Å²) >= 11 is 1.75. The predicted molar refractivity (Wildman–Crippen MR) is 92.6 cm³/mol. The summed E-state index contributed by atoms with van der Waals surface area (Å²) in [6, 6.07) is 0. The van der Waals surface area contributed by atoms with Gasteiger partial charge in [0, 0.05) is 49.6 Å². The van der Waals surface area contributed by atoms with E-state index >= 15 is 0 Å². The summed E-state index contributed by atoms with van der Waals surface area (Å²) in [5.74, 6) is 1.10. The average molecular weight is 335 g/mol. The number of aliphatic imine (C=N–C) groups is 1. The Kier molecular flexibility index (Phi) is 4.84. The molecule has 23 heavy (non-hydrogen) atoms. The van der Waals surface area contributed by atoms with E-state index in [2.05, 4.69) is 32.4 Å². The van der Waals surface area contributed by atoms with E-state index in [1.165, 1.54) is 4.88 Å². The van der Waals surface area contributed by atoms with Crippen molar-refractivity contribution in [3.63, 3.8) is 0 Å². The minimum absolute atomic E-state index is 0.0868. The highest BCUT2D eigenvalue weighted by atomic mass is 32.1. The van der Waals surface area contributed by atoms with Gasteiger partial charge in [0.05, 0.1) is 6.54 Å². The number of carbonyl (C=O) groups is 1. The lowest BCUT2D eigenvalue weighted by Crippen LogP contribution is -2.51. The average Bonchev–Trinajstić information content (AvgIpc) is 3.15. The van der Waals surface area contributed by atoms with Gasteiger partial charge in [0.25, 0.3) is 0 Å². The number of thiazole rings is 1. The molecule has 3 heterocycles. The molecule has 2 fully saturated rings. The van der Waals surface area contributed by atoms with Crippen molar-refractivity contribution in [2.24, 2.45) is 10.4 Å². The first kappa shape index (κ1) is 16.2. The summed E-state index contributed by atoms with van der Waals surface area (Å²) in [5.41, 5.74) is 0.0868. The van der Waals surface area contributed by atoms with E-state index in [0.29, 0.717) is 13.0 Å². The second kappa shape index (κ2) is 6.86. The summed E-state index contributed by atoms with van der Waals surface area (Å²) in [6.07, 6.45) is 5.85. The zero-order valence-corrected chi connectivity index (χ0v) is 14.7. The van der Waals surface area contributed by atoms with Crippen LogP contribution in [0.4, 0.5) is 0 Å². The number of hydrogen-bond acceptors (Lipinski definition) is 4. The maximum atomic E-state index is 11.6. The third kappa shape index (κ3) is 3.65. The third-order valence-corrected chi connectivity index (χ3v) is 5.86. The van der Waals surface area contributed by atoms with Crippen LogP contribution in [0, 0.1) is 5.41 Å². The largest absolute Gasteiger partial charge is 0.355 e. The Morgan fingerprint density at radius 3 is 3.13 bits per heavy atom. The Labute approximate surface area is 141 Å². The van der Waals surface area contributed by atoms with Gasteiger partial charge >= 0.3 is 0 Å². The molecule has 1 spiro atoms. The molecule has 2 aliphatic heterocycles. The lowest BCUT2D eigenvalue weighted by Gasteiger charge is -2.40. The molecular formula is C16H25N5OS. The van der Waals surface area contributed by atoms with Crippen LogP contribution in [0.15, 0.2) is 11.2 Å². The van der Waals surface area contributed by atoms with Crippen molar-refractivity contribution in [3.8, 4) is 0 Å². The number of nitrogens with zero attached hydrogens (tertiary/aromatic N) is 3. The number of nitrogens with one attached hydrogen (secondary N) is 2. The van der Waals surface area contributed by atoms with Crippen molar-refractivity contribution in [2.75, 3.05) is 26.7 Å². The molecule has 1 aromatic rings. The fourth-order valence-electron chi connectivity index (χ4n) is 3.51. The highest BCUT2D eigenvalue weighted by Crippen LogP contribution is 2.36. The molecule has 0 aromatic carbocycles. The number of amides is 1. The minimum atomic E-state index is 0.0868.